The van der Waals surface area contributed by atoms with E-state index in [0.29, 0.717) is 25.4 Å². The molecule has 4 nitrogen and oxygen atoms in total. The van der Waals surface area contributed by atoms with E-state index in [0.717, 1.165) is 57.1 Å². The number of ketones is 1. The highest BCUT2D eigenvalue weighted by atomic mass is 16.2. The SMILES string of the molecule is CC(C)Cc1ccc(C(=O)C2CCN(C(=O)CCCCCCN)CC2)cc1. The Hall–Kier alpha value is -1.68. The van der Waals surface area contributed by atoms with Gasteiger partial charge in [-0.2, -0.15) is 0 Å². The fraction of sp³-hybridized carbons (Fsp3) is 0.652. The fourth-order valence-corrected chi connectivity index (χ4v) is 3.84. The number of rotatable bonds is 10. The van der Waals surface area contributed by atoms with E-state index >= 15 is 0 Å². The van der Waals surface area contributed by atoms with Gasteiger partial charge in [-0.3, -0.25) is 9.59 Å². The predicted molar refractivity (Wildman–Crippen MR) is 111 cm³/mol. The molecule has 4 heteroatoms. The molecule has 1 heterocycles. The van der Waals surface area contributed by atoms with Crippen LogP contribution in [0.3, 0.4) is 0 Å². The lowest BCUT2D eigenvalue weighted by Crippen LogP contribution is -2.40. The summed E-state index contributed by atoms with van der Waals surface area (Å²) in [5.41, 5.74) is 7.59. The molecule has 1 aliphatic heterocycles. The number of likely N-dealkylation sites (tertiary alicyclic amines) is 1. The van der Waals surface area contributed by atoms with Gasteiger partial charge in [0.25, 0.3) is 0 Å². The number of nitrogens with two attached hydrogens (primary N) is 1. The average molecular weight is 373 g/mol. The lowest BCUT2D eigenvalue weighted by molar-refractivity contribution is -0.132. The van der Waals surface area contributed by atoms with Crippen LogP contribution in [0, 0.1) is 11.8 Å². The minimum absolute atomic E-state index is 0.0505. The molecule has 1 saturated heterocycles. The van der Waals surface area contributed by atoms with Crippen molar-refractivity contribution in [2.24, 2.45) is 17.6 Å². The van der Waals surface area contributed by atoms with Crippen molar-refractivity contribution in [1.29, 1.82) is 0 Å². The van der Waals surface area contributed by atoms with E-state index in [2.05, 4.69) is 26.0 Å². The summed E-state index contributed by atoms with van der Waals surface area (Å²) in [4.78, 5) is 27.0. The van der Waals surface area contributed by atoms with Crippen molar-refractivity contribution in [3.63, 3.8) is 0 Å². The van der Waals surface area contributed by atoms with Crippen molar-refractivity contribution < 1.29 is 9.59 Å². The maximum Gasteiger partial charge on any atom is 0.222 e. The Balaban J connectivity index is 1.75. The Kier molecular flexibility index (Phi) is 8.99. The first-order valence-electron chi connectivity index (χ1n) is 10.6. The van der Waals surface area contributed by atoms with Crippen molar-refractivity contribution in [1.82, 2.24) is 4.90 Å². The van der Waals surface area contributed by atoms with E-state index in [1.807, 2.05) is 17.0 Å². The van der Waals surface area contributed by atoms with E-state index in [-0.39, 0.29) is 17.6 Å². The highest BCUT2D eigenvalue weighted by molar-refractivity contribution is 5.98. The molecule has 2 N–H and O–H groups in total. The fourth-order valence-electron chi connectivity index (χ4n) is 3.84. The number of Topliss-reactive ketones (excluding diaryl/α,β-unsaturated/α-hetero) is 1. The number of hydrogen-bond acceptors (Lipinski definition) is 3. The normalized spacial score (nSPS) is 15.3. The largest absolute Gasteiger partial charge is 0.343 e. The quantitative estimate of drug-likeness (QED) is 0.494. The Labute approximate surface area is 164 Å². The number of unbranched alkanes of at least 4 members (excludes halogenated alkanes) is 3. The first kappa shape index (κ1) is 21.6. The van der Waals surface area contributed by atoms with Gasteiger partial charge >= 0.3 is 0 Å². The first-order chi connectivity index (χ1) is 13.0. The highest BCUT2D eigenvalue weighted by Crippen LogP contribution is 2.23. The Bertz CT molecular complexity index is 587. The molecule has 2 rings (SSSR count). The van der Waals surface area contributed by atoms with Crippen LogP contribution in [0.5, 0.6) is 0 Å². The predicted octanol–water partition coefficient (Wildman–Crippen LogP) is 4.22. The summed E-state index contributed by atoms with van der Waals surface area (Å²) in [6.45, 7) is 6.56. The van der Waals surface area contributed by atoms with E-state index in [9.17, 15) is 9.59 Å². The lowest BCUT2D eigenvalue weighted by atomic mass is 9.88. The van der Waals surface area contributed by atoms with Gasteiger partial charge in [-0.25, -0.2) is 0 Å². The van der Waals surface area contributed by atoms with Crippen molar-refractivity contribution in [2.45, 2.75) is 65.2 Å². The van der Waals surface area contributed by atoms with Crippen LogP contribution in [0.1, 0.15) is 74.7 Å². The topological polar surface area (TPSA) is 63.4 Å². The Morgan fingerprint density at radius 1 is 1.04 bits per heavy atom. The van der Waals surface area contributed by atoms with Crippen LogP contribution in [0.2, 0.25) is 0 Å². The summed E-state index contributed by atoms with van der Waals surface area (Å²) in [5, 5.41) is 0. The Morgan fingerprint density at radius 3 is 2.26 bits per heavy atom. The third kappa shape index (κ3) is 7.10. The summed E-state index contributed by atoms with van der Waals surface area (Å²) < 4.78 is 0. The first-order valence-corrected chi connectivity index (χ1v) is 10.6. The maximum absolute atomic E-state index is 12.8. The number of hydrogen-bond donors (Lipinski definition) is 1. The van der Waals surface area contributed by atoms with Gasteiger partial charge < -0.3 is 10.6 Å². The lowest BCUT2D eigenvalue weighted by Gasteiger charge is -2.31. The molecule has 150 valence electrons. The molecule has 27 heavy (non-hydrogen) atoms. The van der Waals surface area contributed by atoms with Crippen LogP contribution in [-0.4, -0.2) is 36.2 Å². The third-order valence-electron chi connectivity index (χ3n) is 5.45. The Morgan fingerprint density at radius 2 is 1.67 bits per heavy atom. The molecule has 1 aliphatic rings. The second-order valence-corrected chi connectivity index (χ2v) is 8.27. The van der Waals surface area contributed by atoms with Crippen LogP contribution < -0.4 is 5.73 Å². The van der Waals surface area contributed by atoms with Crippen molar-refractivity contribution in [3.8, 4) is 0 Å². The molecule has 1 aromatic rings. The smallest absolute Gasteiger partial charge is 0.222 e. The molecule has 1 aromatic carbocycles. The van der Waals surface area contributed by atoms with Gasteiger partial charge in [-0.1, -0.05) is 51.0 Å². The minimum Gasteiger partial charge on any atom is -0.343 e. The zero-order valence-corrected chi connectivity index (χ0v) is 17.1. The van der Waals surface area contributed by atoms with Gasteiger partial charge in [-0.15, -0.1) is 0 Å². The molecule has 0 saturated carbocycles. The summed E-state index contributed by atoms with van der Waals surface area (Å²) >= 11 is 0. The van der Waals surface area contributed by atoms with Crippen molar-refractivity contribution >= 4 is 11.7 Å². The zero-order chi connectivity index (χ0) is 19.6. The molecule has 0 aromatic heterocycles. The molecule has 0 unspecified atom stereocenters. The number of carbonyl (C=O) groups excluding carboxylic acids is 2. The summed E-state index contributed by atoms with van der Waals surface area (Å²) in [6.07, 6.45) is 7.40. The molecule has 0 aliphatic carbocycles. The number of nitrogens with zero attached hydrogens (tertiary/aromatic N) is 1. The average Bonchev–Trinajstić information content (AvgIpc) is 2.67. The standard InChI is InChI=1S/C23H36N2O2/c1-18(2)17-19-8-10-20(11-9-19)23(27)21-12-15-25(16-13-21)22(26)7-5-3-4-6-14-24/h8-11,18,21H,3-7,12-17,24H2,1-2H3. The number of carbonyl (C=O) groups is 2. The van der Waals surface area contributed by atoms with Gasteiger partial charge in [-0.05, 0) is 50.1 Å². The second kappa shape index (κ2) is 11.2. The number of piperidine rings is 1. The zero-order valence-electron chi connectivity index (χ0n) is 17.1. The molecular formula is C23H36N2O2. The molecule has 1 amide bonds. The van der Waals surface area contributed by atoms with Crippen molar-refractivity contribution in [2.75, 3.05) is 19.6 Å². The van der Waals surface area contributed by atoms with Gasteiger partial charge in [0.2, 0.25) is 5.91 Å². The molecule has 0 atom stereocenters. The van der Waals surface area contributed by atoms with Crippen LogP contribution >= 0.6 is 0 Å². The third-order valence-corrected chi connectivity index (χ3v) is 5.45. The molecule has 0 radical (unpaired) electrons. The summed E-state index contributed by atoms with van der Waals surface area (Å²) in [5.74, 6) is 1.15. The van der Waals surface area contributed by atoms with Gasteiger partial charge in [0.05, 0.1) is 0 Å². The van der Waals surface area contributed by atoms with E-state index in [1.165, 1.54) is 5.56 Å². The second-order valence-electron chi connectivity index (χ2n) is 8.27. The highest BCUT2D eigenvalue weighted by Gasteiger charge is 2.27. The molecular weight excluding hydrogens is 336 g/mol. The molecule has 1 fully saturated rings. The van der Waals surface area contributed by atoms with Crippen molar-refractivity contribution in [3.05, 3.63) is 35.4 Å². The summed E-state index contributed by atoms with van der Waals surface area (Å²) in [6, 6.07) is 8.10. The van der Waals surface area contributed by atoms with E-state index in [1.54, 1.807) is 0 Å². The van der Waals surface area contributed by atoms with Crippen LogP contribution in [0.25, 0.3) is 0 Å². The van der Waals surface area contributed by atoms with Gasteiger partial charge in [0.1, 0.15) is 0 Å². The van der Waals surface area contributed by atoms with E-state index < -0.39 is 0 Å². The minimum atomic E-state index is 0.0505. The number of amides is 1. The van der Waals surface area contributed by atoms with Gasteiger partial charge in [0.15, 0.2) is 5.78 Å². The van der Waals surface area contributed by atoms with E-state index in [4.69, 9.17) is 5.73 Å². The molecule has 0 bridgehead atoms. The molecule has 0 spiro atoms. The number of benzene rings is 1. The maximum atomic E-state index is 12.8. The van der Waals surface area contributed by atoms with Crippen LogP contribution in [0.15, 0.2) is 24.3 Å². The van der Waals surface area contributed by atoms with Gasteiger partial charge in [0, 0.05) is 31.0 Å². The monoisotopic (exact) mass is 372 g/mol. The van der Waals surface area contributed by atoms with Crippen LogP contribution in [-0.2, 0) is 11.2 Å². The van der Waals surface area contributed by atoms with Crippen LogP contribution in [0.4, 0.5) is 0 Å². The summed E-state index contributed by atoms with van der Waals surface area (Å²) in [7, 11) is 0.